The number of sulfonamides is 1. The Kier molecular flexibility index (Phi) is 9.51. The summed E-state index contributed by atoms with van der Waals surface area (Å²) in [5, 5.41) is 3.22. The van der Waals surface area contributed by atoms with Crippen molar-refractivity contribution in [1.29, 1.82) is 0 Å². The standard InChI is InChI=1S/C27H29F4N5O5S/c1-36(15-41-16-37)23-11-18(17-4-3-5-19(10-17)27(29,30)31)6-7-21(23)34-22-12-20(28)25(13-24(22)40-2)42(38,39)35-26-8-9-32-14-33-26/h3-5,8-10,12-14,16,18,21,23,34H,6-7,11,15H2,1-2H3,(H,32,33,35)/t18-,21-,23-/m0/s1. The van der Waals surface area contributed by atoms with Crippen molar-refractivity contribution >= 4 is 28.0 Å². The van der Waals surface area contributed by atoms with E-state index in [2.05, 4.69) is 20.0 Å². The molecular formula is C27H29F4N5O5S. The Hall–Kier alpha value is -3.98. The van der Waals surface area contributed by atoms with Gasteiger partial charge in [0.15, 0.2) is 0 Å². The topological polar surface area (TPSA) is 123 Å². The van der Waals surface area contributed by atoms with Gasteiger partial charge in [0, 0.05) is 30.4 Å². The number of halogens is 4. The highest BCUT2D eigenvalue weighted by atomic mass is 32.2. The first-order valence-electron chi connectivity index (χ1n) is 12.8. The monoisotopic (exact) mass is 611 g/mol. The van der Waals surface area contributed by atoms with Gasteiger partial charge in [-0.1, -0.05) is 18.2 Å². The maximum absolute atomic E-state index is 15.3. The Morgan fingerprint density at radius 1 is 1.17 bits per heavy atom. The molecule has 0 amide bonds. The zero-order valence-electron chi connectivity index (χ0n) is 22.6. The zero-order chi connectivity index (χ0) is 30.5. The lowest BCUT2D eigenvalue weighted by Gasteiger charge is -2.42. The molecule has 0 bridgehead atoms. The number of ether oxygens (including phenoxy) is 2. The number of hydrogen-bond acceptors (Lipinski definition) is 9. The second-order valence-electron chi connectivity index (χ2n) is 9.78. The summed E-state index contributed by atoms with van der Waals surface area (Å²) >= 11 is 0. The van der Waals surface area contributed by atoms with Crippen LogP contribution in [0.3, 0.4) is 0 Å². The number of methoxy groups -OCH3 is 1. The molecule has 2 N–H and O–H groups in total. The molecule has 42 heavy (non-hydrogen) atoms. The number of nitrogens with one attached hydrogen (secondary N) is 2. The summed E-state index contributed by atoms with van der Waals surface area (Å²) < 4.78 is 93.5. The smallest absolute Gasteiger partial charge is 0.416 e. The molecule has 15 heteroatoms. The third-order valence-electron chi connectivity index (χ3n) is 7.12. The van der Waals surface area contributed by atoms with E-state index in [1.54, 1.807) is 18.0 Å². The molecule has 0 spiro atoms. The third-order valence-corrected chi connectivity index (χ3v) is 8.49. The maximum atomic E-state index is 15.3. The fraction of sp³-hybridized carbons (Fsp3) is 0.370. The van der Waals surface area contributed by atoms with E-state index in [1.165, 1.54) is 25.4 Å². The predicted molar refractivity (Wildman–Crippen MR) is 145 cm³/mol. The highest BCUT2D eigenvalue weighted by Gasteiger charge is 2.36. The average molecular weight is 612 g/mol. The number of alkyl halides is 3. The van der Waals surface area contributed by atoms with Crippen molar-refractivity contribution in [2.45, 2.75) is 48.3 Å². The van der Waals surface area contributed by atoms with Crippen LogP contribution in [0.4, 0.5) is 29.1 Å². The van der Waals surface area contributed by atoms with E-state index in [1.807, 2.05) is 0 Å². The van der Waals surface area contributed by atoms with E-state index in [9.17, 15) is 26.4 Å². The Labute approximate surface area is 240 Å². The Bertz CT molecular complexity index is 1490. The predicted octanol–water partition coefficient (Wildman–Crippen LogP) is 4.62. The summed E-state index contributed by atoms with van der Waals surface area (Å²) in [7, 11) is -1.37. The molecule has 1 fully saturated rings. The number of anilines is 2. The van der Waals surface area contributed by atoms with Crippen molar-refractivity contribution in [3.8, 4) is 5.75 Å². The summed E-state index contributed by atoms with van der Waals surface area (Å²) in [6, 6.07) is 7.80. The number of carbonyl (C=O) groups is 1. The van der Waals surface area contributed by atoms with Gasteiger partial charge in [-0.3, -0.25) is 14.4 Å². The maximum Gasteiger partial charge on any atom is 0.416 e. The average Bonchev–Trinajstić information content (AvgIpc) is 2.96. The molecule has 4 rings (SSSR count). The van der Waals surface area contributed by atoms with Gasteiger partial charge in [0.05, 0.1) is 18.4 Å². The van der Waals surface area contributed by atoms with Crippen molar-refractivity contribution in [1.82, 2.24) is 14.9 Å². The highest BCUT2D eigenvalue weighted by molar-refractivity contribution is 7.92. The van der Waals surface area contributed by atoms with Gasteiger partial charge in [0.2, 0.25) is 0 Å². The molecule has 1 aromatic heterocycles. The van der Waals surface area contributed by atoms with Crippen LogP contribution in [0.1, 0.15) is 36.3 Å². The van der Waals surface area contributed by atoms with Crippen molar-refractivity contribution in [2.24, 2.45) is 0 Å². The normalized spacial score (nSPS) is 19.3. The lowest BCUT2D eigenvalue weighted by molar-refractivity contribution is -0.137. The molecule has 10 nitrogen and oxygen atoms in total. The van der Waals surface area contributed by atoms with Gasteiger partial charge in [0.25, 0.3) is 16.5 Å². The number of benzene rings is 2. The first-order valence-corrected chi connectivity index (χ1v) is 14.3. The molecule has 2 aromatic carbocycles. The van der Waals surface area contributed by atoms with E-state index in [0.29, 0.717) is 31.3 Å². The van der Waals surface area contributed by atoms with Gasteiger partial charge < -0.3 is 14.8 Å². The van der Waals surface area contributed by atoms with Crippen LogP contribution < -0.4 is 14.8 Å². The van der Waals surface area contributed by atoms with Gasteiger partial charge in [0.1, 0.15) is 35.3 Å². The molecule has 0 aliphatic heterocycles. The number of rotatable bonds is 11. The van der Waals surface area contributed by atoms with E-state index in [-0.39, 0.29) is 42.0 Å². The molecule has 3 aromatic rings. The summed E-state index contributed by atoms with van der Waals surface area (Å²) in [6.07, 6.45) is -0.651. The molecule has 226 valence electrons. The minimum Gasteiger partial charge on any atom is -0.495 e. The molecule has 0 saturated heterocycles. The van der Waals surface area contributed by atoms with E-state index < -0.39 is 32.5 Å². The molecule has 3 atom stereocenters. The minimum atomic E-state index is -4.48. The molecule has 1 aliphatic carbocycles. The van der Waals surface area contributed by atoms with E-state index in [0.717, 1.165) is 30.6 Å². The zero-order valence-corrected chi connectivity index (χ0v) is 23.5. The van der Waals surface area contributed by atoms with Crippen molar-refractivity contribution in [3.05, 3.63) is 71.9 Å². The van der Waals surface area contributed by atoms with E-state index in [4.69, 9.17) is 9.47 Å². The molecular weight excluding hydrogens is 582 g/mol. The summed E-state index contributed by atoms with van der Waals surface area (Å²) in [4.78, 5) is 19.4. The third kappa shape index (κ3) is 7.26. The van der Waals surface area contributed by atoms with E-state index >= 15 is 4.39 Å². The SMILES string of the molecule is COc1cc(S(=O)(=O)Nc2ccncn2)c(F)cc1N[C@H]1CC[C@H](c2cccc(C(F)(F)F)c2)C[C@@H]1N(C)COC=O. The number of nitrogens with zero attached hydrogens (tertiary/aromatic N) is 3. The molecule has 0 radical (unpaired) electrons. The quantitative estimate of drug-likeness (QED) is 0.182. The first-order chi connectivity index (χ1) is 19.9. The minimum absolute atomic E-state index is 0.0463. The Morgan fingerprint density at radius 2 is 1.95 bits per heavy atom. The summed E-state index contributed by atoms with van der Waals surface area (Å²) in [5.74, 6) is -1.28. The molecule has 1 heterocycles. The van der Waals surface area contributed by atoms with Crippen molar-refractivity contribution in [2.75, 3.05) is 30.9 Å². The lowest BCUT2D eigenvalue weighted by atomic mass is 9.78. The van der Waals surface area contributed by atoms with Crippen LogP contribution >= 0.6 is 0 Å². The van der Waals surface area contributed by atoms with Crippen LogP contribution in [0, 0.1) is 5.82 Å². The van der Waals surface area contributed by atoms with Gasteiger partial charge in [-0.05, 0) is 49.9 Å². The largest absolute Gasteiger partial charge is 0.495 e. The second-order valence-corrected chi connectivity index (χ2v) is 11.4. The number of likely N-dealkylation sites (N-methyl/N-ethyl adjacent to an activating group) is 1. The number of carbonyl (C=O) groups excluding carboxylic acids is 1. The molecule has 1 aliphatic rings. The van der Waals surface area contributed by atoms with Crippen molar-refractivity contribution < 1.29 is 40.2 Å². The molecule has 0 unspecified atom stereocenters. The number of aromatic nitrogens is 2. The van der Waals surface area contributed by atoms with Crippen LogP contribution in [-0.2, 0) is 25.7 Å². The summed E-state index contributed by atoms with van der Waals surface area (Å²) in [6.45, 7) is 0.207. The van der Waals surface area contributed by atoms with Gasteiger partial charge in [-0.15, -0.1) is 0 Å². The van der Waals surface area contributed by atoms with Crippen LogP contribution in [0.2, 0.25) is 0 Å². The van der Waals surface area contributed by atoms with Crippen molar-refractivity contribution in [3.63, 3.8) is 0 Å². The van der Waals surface area contributed by atoms with Gasteiger partial charge >= 0.3 is 6.18 Å². The van der Waals surface area contributed by atoms with Gasteiger partial charge in [-0.25, -0.2) is 22.8 Å². The van der Waals surface area contributed by atoms with Gasteiger partial charge in [-0.2, -0.15) is 13.2 Å². The van der Waals surface area contributed by atoms with Crippen LogP contribution in [-0.4, -0.2) is 62.7 Å². The van der Waals surface area contributed by atoms with Crippen LogP contribution in [0.5, 0.6) is 5.75 Å². The first kappa shape index (κ1) is 31.0. The van der Waals surface area contributed by atoms with Crippen LogP contribution in [0.25, 0.3) is 0 Å². The highest BCUT2D eigenvalue weighted by Crippen LogP contribution is 2.40. The fourth-order valence-electron chi connectivity index (χ4n) is 5.08. The lowest BCUT2D eigenvalue weighted by Crippen LogP contribution is -2.49. The Morgan fingerprint density at radius 3 is 2.62 bits per heavy atom. The van der Waals surface area contributed by atoms with Crippen LogP contribution in [0.15, 0.2) is 59.9 Å². The molecule has 1 saturated carbocycles. The number of hydrogen-bond donors (Lipinski definition) is 2. The second kappa shape index (κ2) is 12.9. The summed E-state index contributed by atoms with van der Waals surface area (Å²) in [5.41, 5.74) is -0.0283. The Balaban J connectivity index is 1.60. The fourth-order valence-corrected chi connectivity index (χ4v) is 6.17.